The molecule has 0 aliphatic heterocycles. The van der Waals surface area contributed by atoms with Gasteiger partial charge < -0.3 is 10.1 Å². The van der Waals surface area contributed by atoms with Gasteiger partial charge in [0.15, 0.2) is 11.6 Å². The largest absolute Gasteiger partial charge is 0.494 e. The molecule has 2 rings (SSSR count). The van der Waals surface area contributed by atoms with Gasteiger partial charge in [-0.2, -0.15) is 5.10 Å². The number of nitrogens with one attached hydrogen (secondary N) is 1. The number of benzene rings is 1. The normalized spacial score (nSPS) is 12.4. The first-order valence-electron chi connectivity index (χ1n) is 5.65. The average molecular weight is 249 g/mol. The lowest BCUT2D eigenvalue weighted by atomic mass is 10.0. The van der Waals surface area contributed by atoms with Crippen LogP contribution < -0.4 is 10.1 Å². The van der Waals surface area contributed by atoms with Crippen molar-refractivity contribution in [3.8, 4) is 5.75 Å². The third-order valence-electron chi connectivity index (χ3n) is 2.86. The Balaban J connectivity index is 2.38. The molecule has 0 aliphatic rings. The van der Waals surface area contributed by atoms with Crippen LogP contribution in [0.25, 0.3) is 0 Å². The van der Waals surface area contributed by atoms with Gasteiger partial charge in [-0.25, -0.2) is 4.39 Å². The van der Waals surface area contributed by atoms with Gasteiger partial charge in [0.25, 0.3) is 0 Å². The fraction of sp³-hybridized carbons (Fsp3) is 0.308. The van der Waals surface area contributed by atoms with Crippen LogP contribution in [0.3, 0.4) is 0 Å². The number of hydrogen-bond donors (Lipinski definition) is 1. The highest BCUT2D eigenvalue weighted by Crippen LogP contribution is 2.26. The smallest absolute Gasteiger partial charge is 0.165 e. The first kappa shape index (κ1) is 12.6. The molecule has 5 heteroatoms. The summed E-state index contributed by atoms with van der Waals surface area (Å²) in [5.74, 6) is -0.112. The highest BCUT2D eigenvalue weighted by Gasteiger charge is 2.15. The molecule has 0 saturated carbocycles. The van der Waals surface area contributed by atoms with E-state index in [4.69, 9.17) is 4.74 Å². The van der Waals surface area contributed by atoms with E-state index in [0.29, 0.717) is 0 Å². The minimum Gasteiger partial charge on any atom is -0.494 e. The molecule has 1 aromatic carbocycles. The lowest BCUT2D eigenvalue weighted by Crippen LogP contribution is -2.17. The first-order valence-corrected chi connectivity index (χ1v) is 5.65. The average Bonchev–Trinajstić information content (AvgIpc) is 2.79. The number of halogens is 1. The van der Waals surface area contributed by atoms with Crippen molar-refractivity contribution < 1.29 is 9.13 Å². The molecule has 1 aromatic heterocycles. The molecule has 1 N–H and O–H groups in total. The second kappa shape index (κ2) is 5.18. The zero-order chi connectivity index (χ0) is 13.1. The van der Waals surface area contributed by atoms with Crippen molar-refractivity contribution >= 4 is 0 Å². The summed E-state index contributed by atoms with van der Waals surface area (Å²) in [5, 5.41) is 7.33. The van der Waals surface area contributed by atoms with Gasteiger partial charge in [-0.15, -0.1) is 0 Å². The minimum atomic E-state index is -0.359. The predicted octanol–water partition coefficient (Wildman–Crippen LogP) is 1.88. The highest BCUT2D eigenvalue weighted by atomic mass is 19.1. The van der Waals surface area contributed by atoms with Crippen LogP contribution in [0.4, 0.5) is 4.39 Å². The standard InChI is InChI=1S/C13H16FN3O/c1-15-13(10-7-16-17(2)8-10)9-4-5-11(14)12(6-9)18-3/h4-8,13,15H,1-3H3. The zero-order valence-corrected chi connectivity index (χ0v) is 10.6. The Morgan fingerprint density at radius 2 is 2.17 bits per heavy atom. The Morgan fingerprint density at radius 3 is 2.72 bits per heavy atom. The number of rotatable bonds is 4. The molecule has 4 nitrogen and oxygen atoms in total. The molecule has 1 heterocycles. The van der Waals surface area contributed by atoms with E-state index < -0.39 is 0 Å². The van der Waals surface area contributed by atoms with Gasteiger partial charge in [0.1, 0.15) is 0 Å². The fourth-order valence-corrected chi connectivity index (χ4v) is 1.97. The highest BCUT2D eigenvalue weighted by molar-refractivity contribution is 5.36. The summed E-state index contributed by atoms with van der Waals surface area (Å²) in [6.07, 6.45) is 3.72. The van der Waals surface area contributed by atoms with Gasteiger partial charge in [-0.1, -0.05) is 6.07 Å². The quantitative estimate of drug-likeness (QED) is 0.899. The molecular formula is C13H16FN3O. The van der Waals surface area contributed by atoms with Gasteiger partial charge >= 0.3 is 0 Å². The van der Waals surface area contributed by atoms with Crippen molar-refractivity contribution in [3.05, 3.63) is 47.5 Å². The Kier molecular flexibility index (Phi) is 3.62. The molecule has 0 amide bonds. The number of nitrogens with zero attached hydrogens (tertiary/aromatic N) is 2. The molecule has 0 bridgehead atoms. The van der Waals surface area contributed by atoms with Crippen molar-refractivity contribution in [2.45, 2.75) is 6.04 Å². The van der Waals surface area contributed by atoms with E-state index in [-0.39, 0.29) is 17.6 Å². The number of aryl methyl sites for hydroxylation is 1. The third kappa shape index (κ3) is 2.36. The Hall–Kier alpha value is -1.88. The molecule has 2 aromatic rings. The number of hydrogen-bond acceptors (Lipinski definition) is 3. The predicted molar refractivity (Wildman–Crippen MR) is 67.1 cm³/mol. The summed E-state index contributed by atoms with van der Waals surface area (Å²) in [5.41, 5.74) is 1.96. The summed E-state index contributed by atoms with van der Waals surface area (Å²) in [6, 6.07) is 4.82. The van der Waals surface area contributed by atoms with Crippen LogP contribution >= 0.6 is 0 Å². The fourth-order valence-electron chi connectivity index (χ4n) is 1.97. The minimum absolute atomic E-state index is 0.0341. The summed E-state index contributed by atoms with van der Waals surface area (Å²) in [4.78, 5) is 0. The van der Waals surface area contributed by atoms with E-state index in [1.54, 1.807) is 23.0 Å². The van der Waals surface area contributed by atoms with Crippen LogP contribution in [-0.4, -0.2) is 23.9 Å². The lowest BCUT2D eigenvalue weighted by molar-refractivity contribution is 0.385. The maximum Gasteiger partial charge on any atom is 0.165 e. The van der Waals surface area contributed by atoms with Crippen LogP contribution in [0, 0.1) is 5.82 Å². The van der Waals surface area contributed by atoms with E-state index in [9.17, 15) is 4.39 Å². The monoisotopic (exact) mass is 249 g/mol. The Bertz CT molecular complexity index is 539. The van der Waals surface area contributed by atoms with Gasteiger partial charge in [-0.3, -0.25) is 4.68 Å². The van der Waals surface area contributed by atoms with E-state index in [1.165, 1.54) is 13.2 Å². The SMILES string of the molecule is CNC(c1ccc(F)c(OC)c1)c1cnn(C)c1. The second-order valence-corrected chi connectivity index (χ2v) is 4.06. The van der Waals surface area contributed by atoms with Crippen LogP contribution in [0.1, 0.15) is 17.2 Å². The van der Waals surface area contributed by atoms with Gasteiger partial charge in [0, 0.05) is 18.8 Å². The van der Waals surface area contributed by atoms with Crippen LogP contribution in [0.5, 0.6) is 5.75 Å². The van der Waals surface area contributed by atoms with E-state index in [2.05, 4.69) is 10.4 Å². The van der Waals surface area contributed by atoms with Crippen molar-refractivity contribution in [2.24, 2.45) is 7.05 Å². The summed E-state index contributed by atoms with van der Waals surface area (Å²) in [6.45, 7) is 0. The van der Waals surface area contributed by atoms with Crippen molar-refractivity contribution in [3.63, 3.8) is 0 Å². The molecule has 0 fully saturated rings. The van der Waals surface area contributed by atoms with E-state index in [1.807, 2.05) is 20.3 Å². The maximum atomic E-state index is 13.4. The molecule has 0 radical (unpaired) electrons. The third-order valence-corrected chi connectivity index (χ3v) is 2.86. The van der Waals surface area contributed by atoms with E-state index >= 15 is 0 Å². The van der Waals surface area contributed by atoms with Gasteiger partial charge in [0.05, 0.1) is 19.3 Å². The topological polar surface area (TPSA) is 39.1 Å². The summed E-state index contributed by atoms with van der Waals surface area (Å²) in [7, 11) is 5.18. The molecule has 18 heavy (non-hydrogen) atoms. The number of ether oxygens (including phenoxy) is 1. The van der Waals surface area contributed by atoms with Gasteiger partial charge in [0.2, 0.25) is 0 Å². The lowest BCUT2D eigenvalue weighted by Gasteiger charge is -2.16. The Labute approximate surface area is 105 Å². The van der Waals surface area contributed by atoms with Gasteiger partial charge in [-0.05, 0) is 24.7 Å². The van der Waals surface area contributed by atoms with Crippen LogP contribution in [0.2, 0.25) is 0 Å². The zero-order valence-electron chi connectivity index (χ0n) is 10.6. The molecule has 1 atom stereocenters. The molecule has 0 aliphatic carbocycles. The molecule has 96 valence electrons. The molecular weight excluding hydrogens is 233 g/mol. The van der Waals surface area contributed by atoms with Crippen LogP contribution in [-0.2, 0) is 7.05 Å². The number of methoxy groups -OCH3 is 1. The molecule has 0 saturated heterocycles. The summed E-state index contributed by atoms with van der Waals surface area (Å²) >= 11 is 0. The molecule has 0 spiro atoms. The first-order chi connectivity index (χ1) is 8.65. The maximum absolute atomic E-state index is 13.4. The van der Waals surface area contributed by atoms with Crippen molar-refractivity contribution in [1.29, 1.82) is 0 Å². The Morgan fingerprint density at radius 1 is 1.39 bits per heavy atom. The molecule has 1 unspecified atom stereocenters. The number of aromatic nitrogens is 2. The van der Waals surface area contributed by atoms with Crippen molar-refractivity contribution in [1.82, 2.24) is 15.1 Å². The van der Waals surface area contributed by atoms with Crippen LogP contribution in [0.15, 0.2) is 30.6 Å². The summed E-state index contributed by atoms with van der Waals surface area (Å²) < 4.78 is 20.1. The van der Waals surface area contributed by atoms with Crippen molar-refractivity contribution in [2.75, 3.05) is 14.2 Å². The second-order valence-electron chi connectivity index (χ2n) is 4.06. The van der Waals surface area contributed by atoms with E-state index in [0.717, 1.165) is 11.1 Å².